The molecule has 0 aliphatic rings. The molecule has 0 radical (unpaired) electrons. The van der Waals surface area contributed by atoms with Gasteiger partial charge in [-0.1, -0.05) is 0 Å². The average Bonchev–Trinajstić information content (AvgIpc) is 2.67. The third kappa shape index (κ3) is 4.47. The second-order valence-corrected chi connectivity index (χ2v) is 7.26. The lowest BCUT2D eigenvalue weighted by atomic mass is 10.1. The Morgan fingerprint density at radius 3 is 2.00 bits per heavy atom. The lowest BCUT2D eigenvalue weighted by Crippen LogP contribution is -2.24. The van der Waals surface area contributed by atoms with Crippen LogP contribution in [0.1, 0.15) is 27.6 Å². The smallest absolute Gasteiger partial charge is 0.338 e. The zero-order chi connectivity index (χ0) is 19.3. The average molecular weight is 377 g/mol. The van der Waals surface area contributed by atoms with E-state index in [0.29, 0.717) is 11.3 Å². The topological polar surface area (TPSA) is 98.8 Å². The number of rotatable bonds is 7. The number of benzene rings is 2. The van der Waals surface area contributed by atoms with Gasteiger partial charge in [0, 0.05) is 5.56 Å². The Labute approximate surface area is 152 Å². The fourth-order valence-electron chi connectivity index (χ4n) is 2.16. The van der Waals surface area contributed by atoms with Crippen molar-refractivity contribution < 1.29 is 27.5 Å². The number of hydrogen-bond acceptors (Lipinski definition) is 6. The molecule has 0 aromatic heterocycles. The molecule has 26 heavy (non-hydrogen) atoms. The van der Waals surface area contributed by atoms with Crippen LogP contribution in [0.4, 0.5) is 0 Å². The van der Waals surface area contributed by atoms with Crippen LogP contribution < -0.4 is 9.46 Å². The Hall–Kier alpha value is -2.71. The Balaban J connectivity index is 2.07. The van der Waals surface area contributed by atoms with Gasteiger partial charge in [-0.15, -0.1) is 0 Å². The summed E-state index contributed by atoms with van der Waals surface area (Å²) in [5, 5.41) is 0. The first kappa shape index (κ1) is 19.6. The van der Waals surface area contributed by atoms with Gasteiger partial charge in [-0.25, -0.2) is 17.9 Å². The summed E-state index contributed by atoms with van der Waals surface area (Å²) in [6.07, 6.45) is -0.989. The minimum Gasteiger partial charge on any atom is -0.497 e. The van der Waals surface area contributed by atoms with Gasteiger partial charge in [0.25, 0.3) is 0 Å². The highest BCUT2D eigenvalue weighted by Gasteiger charge is 2.21. The van der Waals surface area contributed by atoms with Gasteiger partial charge in [-0.2, -0.15) is 0 Å². The van der Waals surface area contributed by atoms with E-state index >= 15 is 0 Å². The lowest BCUT2D eigenvalue weighted by molar-refractivity contribution is 0.0318. The van der Waals surface area contributed by atoms with Crippen molar-refractivity contribution in [1.29, 1.82) is 0 Å². The van der Waals surface area contributed by atoms with Crippen molar-refractivity contribution >= 4 is 21.8 Å². The first-order chi connectivity index (χ1) is 12.3. The van der Waals surface area contributed by atoms with Crippen LogP contribution >= 0.6 is 0 Å². The molecule has 0 spiro atoms. The van der Waals surface area contributed by atoms with Crippen LogP contribution in [-0.2, 0) is 14.8 Å². The van der Waals surface area contributed by atoms with Crippen LogP contribution in [0.3, 0.4) is 0 Å². The summed E-state index contributed by atoms with van der Waals surface area (Å²) in [4.78, 5) is 24.5. The van der Waals surface area contributed by atoms with Crippen LogP contribution in [0.2, 0.25) is 0 Å². The van der Waals surface area contributed by atoms with Crippen molar-refractivity contribution in [3.05, 3.63) is 59.7 Å². The number of esters is 1. The minimum absolute atomic E-state index is 0.0268. The molecule has 0 fully saturated rings. The van der Waals surface area contributed by atoms with E-state index < -0.39 is 22.1 Å². The zero-order valence-corrected chi connectivity index (χ0v) is 15.4. The molecular weight excluding hydrogens is 358 g/mol. The maximum absolute atomic E-state index is 12.3. The van der Waals surface area contributed by atoms with E-state index in [1.807, 2.05) is 0 Å². The van der Waals surface area contributed by atoms with E-state index in [4.69, 9.17) is 9.47 Å². The molecule has 0 aliphatic heterocycles. The van der Waals surface area contributed by atoms with E-state index in [1.54, 1.807) is 24.3 Å². The van der Waals surface area contributed by atoms with Gasteiger partial charge in [0.1, 0.15) is 5.75 Å². The summed E-state index contributed by atoms with van der Waals surface area (Å²) < 4.78 is 35.7. The van der Waals surface area contributed by atoms with Gasteiger partial charge in [-0.3, -0.25) is 4.79 Å². The normalized spacial score (nSPS) is 12.3. The van der Waals surface area contributed by atoms with Crippen molar-refractivity contribution in [3.63, 3.8) is 0 Å². The maximum atomic E-state index is 12.3. The molecule has 8 heteroatoms. The van der Waals surface area contributed by atoms with Crippen LogP contribution in [0.5, 0.6) is 5.75 Å². The summed E-state index contributed by atoms with van der Waals surface area (Å²) in [6.45, 7) is 1.48. The summed E-state index contributed by atoms with van der Waals surface area (Å²) in [5.74, 6) is -0.453. The molecule has 2 aromatic rings. The predicted molar refractivity (Wildman–Crippen MR) is 94.9 cm³/mol. The van der Waals surface area contributed by atoms with Crippen molar-refractivity contribution in [2.45, 2.75) is 17.9 Å². The maximum Gasteiger partial charge on any atom is 0.338 e. The molecule has 1 atom stereocenters. The van der Waals surface area contributed by atoms with Crippen molar-refractivity contribution in [1.82, 2.24) is 4.72 Å². The van der Waals surface area contributed by atoms with Crippen molar-refractivity contribution in [3.8, 4) is 5.75 Å². The molecular formula is C18H19NO6S. The molecule has 0 amide bonds. The Morgan fingerprint density at radius 2 is 1.50 bits per heavy atom. The Morgan fingerprint density at radius 1 is 0.962 bits per heavy atom. The van der Waals surface area contributed by atoms with Crippen LogP contribution in [0, 0.1) is 0 Å². The highest BCUT2D eigenvalue weighted by molar-refractivity contribution is 7.89. The number of sulfonamides is 1. The summed E-state index contributed by atoms with van der Waals surface area (Å²) in [5.41, 5.74) is 0.538. The standard InChI is InChI=1S/C18H19NO6S/c1-12(17(20)13-4-8-15(24-3)9-5-13)25-18(21)14-6-10-16(11-7-14)26(22,23)19-2/h4-12,19H,1-3H3. The van der Waals surface area contributed by atoms with Crippen molar-refractivity contribution in [2.24, 2.45) is 0 Å². The quantitative estimate of drug-likeness (QED) is 0.586. The number of nitrogens with one attached hydrogen (secondary N) is 1. The molecule has 0 bridgehead atoms. The van der Waals surface area contributed by atoms with Gasteiger partial charge in [0.15, 0.2) is 6.10 Å². The molecule has 138 valence electrons. The van der Waals surface area contributed by atoms with Gasteiger partial charge in [0.05, 0.1) is 17.6 Å². The number of Topliss-reactive ketones (excluding diaryl/α,β-unsaturated/α-hetero) is 1. The van der Waals surface area contributed by atoms with E-state index in [-0.39, 0.29) is 16.2 Å². The van der Waals surface area contributed by atoms with Crippen LogP contribution in [0.15, 0.2) is 53.4 Å². The number of ketones is 1. The summed E-state index contributed by atoms with van der Waals surface area (Å²) >= 11 is 0. The molecule has 0 saturated heterocycles. The van der Waals surface area contributed by atoms with E-state index in [2.05, 4.69) is 4.72 Å². The van der Waals surface area contributed by atoms with Crippen LogP contribution in [0.25, 0.3) is 0 Å². The van der Waals surface area contributed by atoms with E-state index in [0.717, 1.165) is 0 Å². The first-order valence-electron chi connectivity index (χ1n) is 7.71. The molecule has 1 unspecified atom stereocenters. The summed E-state index contributed by atoms with van der Waals surface area (Å²) in [7, 11) is -0.768. The second-order valence-electron chi connectivity index (χ2n) is 5.37. The third-order valence-electron chi connectivity index (χ3n) is 3.70. The minimum atomic E-state index is -3.59. The third-order valence-corrected chi connectivity index (χ3v) is 5.13. The molecule has 0 saturated carbocycles. The predicted octanol–water partition coefficient (Wildman–Crippen LogP) is 2.03. The van der Waals surface area contributed by atoms with Gasteiger partial charge >= 0.3 is 5.97 Å². The number of methoxy groups -OCH3 is 1. The first-order valence-corrected chi connectivity index (χ1v) is 9.19. The number of carbonyl (C=O) groups is 2. The Kier molecular flexibility index (Phi) is 6.12. The molecule has 2 rings (SSSR count). The lowest BCUT2D eigenvalue weighted by Gasteiger charge is -2.13. The fraction of sp³-hybridized carbons (Fsp3) is 0.222. The van der Waals surface area contributed by atoms with Gasteiger partial charge in [-0.05, 0) is 62.5 Å². The molecule has 0 aliphatic carbocycles. The molecule has 0 heterocycles. The largest absolute Gasteiger partial charge is 0.497 e. The van der Waals surface area contributed by atoms with E-state index in [9.17, 15) is 18.0 Å². The monoisotopic (exact) mass is 377 g/mol. The number of ether oxygens (including phenoxy) is 2. The highest BCUT2D eigenvalue weighted by Crippen LogP contribution is 2.15. The SMILES string of the molecule is CNS(=O)(=O)c1ccc(C(=O)OC(C)C(=O)c2ccc(OC)cc2)cc1. The summed E-state index contributed by atoms with van der Waals surface area (Å²) in [6, 6.07) is 11.7. The zero-order valence-electron chi connectivity index (χ0n) is 14.6. The van der Waals surface area contributed by atoms with E-state index in [1.165, 1.54) is 45.3 Å². The second kappa shape index (κ2) is 8.11. The number of hydrogen-bond donors (Lipinski definition) is 1. The fourth-order valence-corrected chi connectivity index (χ4v) is 2.89. The highest BCUT2D eigenvalue weighted by atomic mass is 32.2. The Bertz CT molecular complexity index is 888. The van der Waals surface area contributed by atoms with Crippen LogP contribution in [-0.4, -0.2) is 40.4 Å². The van der Waals surface area contributed by atoms with Crippen molar-refractivity contribution in [2.75, 3.05) is 14.2 Å². The van der Waals surface area contributed by atoms with Gasteiger partial charge in [0.2, 0.25) is 15.8 Å². The molecule has 2 aromatic carbocycles. The molecule has 7 nitrogen and oxygen atoms in total. The number of carbonyl (C=O) groups excluding carboxylic acids is 2. The molecule has 1 N–H and O–H groups in total. The van der Waals surface area contributed by atoms with Gasteiger partial charge < -0.3 is 9.47 Å².